The minimum absolute atomic E-state index is 0.186. The molecule has 1 amide bonds. The van der Waals surface area contributed by atoms with Crippen molar-refractivity contribution in [2.75, 3.05) is 30.4 Å². The highest BCUT2D eigenvalue weighted by Gasteiger charge is 2.19. The van der Waals surface area contributed by atoms with Gasteiger partial charge in [-0.15, -0.1) is 0 Å². The lowest BCUT2D eigenvalue weighted by Crippen LogP contribution is -2.39. The Hall–Kier alpha value is -2.84. The maximum absolute atomic E-state index is 12.3. The van der Waals surface area contributed by atoms with E-state index in [9.17, 15) is 4.79 Å². The number of rotatable bonds is 4. The number of amides is 1. The average molecular weight is 335 g/mol. The van der Waals surface area contributed by atoms with Crippen LogP contribution >= 0.6 is 0 Å². The number of carbonyl (C=O) groups is 1. The highest BCUT2D eigenvalue weighted by Crippen LogP contribution is 2.23. The van der Waals surface area contributed by atoms with Gasteiger partial charge in [0, 0.05) is 37.1 Å². The van der Waals surface area contributed by atoms with Gasteiger partial charge in [-0.25, -0.2) is 0 Å². The summed E-state index contributed by atoms with van der Waals surface area (Å²) in [5.74, 6) is -0.186. The Kier molecular flexibility index (Phi) is 5.32. The summed E-state index contributed by atoms with van der Waals surface area (Å²) < 4.78 is 5.47. The second kappa shape index (κ2) is 7.82. The van der Waals surface area contributed by atoms with E-state index in [1.807, 2.05) is 30.3 Å². The molecule has 1 heterocycles. The van der Waals surface area contributed by atoms with E-state index in [1.165, 1.54) is 0 Å². The minimum atomic E-state index is -0.186. The van der Waals surface area contributed by atoms with E-state index in [-0.39, 0.29) is 12.0 Å². The minimum Gasteiger partial charge on any atom is -0.380 e. The van der Waals surface area contributed by atoms with Gasteiger partial charge in [0.05, 0.1) is 17.7 Å². The van der Waals surface area contributed by atoms with Crippen molar-refractivity contribution in [3.8, 4) is 6.07 Å². The first kappa shape index (κ1) is 17.0. The van der Waals surface area contributed by atoms with Crippen molar-refractivity contribution in [2.24, 2.45) is 0 Å². The monoisotopic (exact) mass is 335 g/mol. The molecule has 0 aromatic heterocycles. The molecule has 3 rings (SSSR count). The fourth-order valence-electron chi connectivity index (χ4n) is 3.02. The van der Waals surface area contributed by atoms with Gasteiger partial charge in [-0.1, -0.05) is 0 Å². The predicted octanol–water partition coefficient (Wildman–Crippen LogP) is 3.43. The van der Waals surface area contributed by atoms with Crippen LogP contribution in [-0.4, -0.2) is 32.2 Å². The molecule has 0 bridgehead atoms. The number of hydrogen-bond acceptors (Lipinski definition) is 4. The largest absolute Gasteiger partial charge is 0.380 e. The van der Waals surface area contributed by atoms with Gasteiger partial charge >= 0.3 is 0 Å². The number of benzene rings is 2. The summed E-state index contributed by atoms with van der Waals surface area (Å²) in [6.07, 6.45) is 2.51. The van der Waals surface area contributed by atoms with Crippen LogP contribution in [0.5, 0.6) is 0 Å². The van der Waals surface area contributed by atoms with Crippen molar-refractivity contribution < 1.29 is 9.53 Å². The standard InChI is InChI=1S/C20H21N3O2/c1-25-19-3-2-12-23(14-19)18-10-8-17(9-11-18)22-20(24)16-6-4-15(13-21)5-7-16/h4-11,19H,2-3,12,14H2,1H3,(H,22,24). The van der Waals surface area contributed by atoms with Gasteiger partial charge in [-0.3, -0.25) is 4.79 Å². The number of carbonyl (C=O) groups excluding carboxylic acids is 1. The molecular weight excluding hydrogens is 314 g/mol. The summed E-state index contributed by atoms with van der Waals surface area (Å²) in [6.45, 7) is 1.92. The van der Waals surface area contributed by atoms with Gasteiger partial charge in [0.2, 0.25) is 0 Å². The summed E-state index contributed by atoms with van der Waals surface area (Å²) in [5, 5.41) is 11.7. The number of hydrogen-bond donors (Lipinski definition) is 1. The molecule has 0 radical (unpaired) electrons. The van der Waals surface area contributed by atoms with Crippen molar-refractivity contribution in [1.29, 1.82) is 5.26 Å². The molecule has 2 aromatic rings. The van der Waals surface area contributed by atoms with E-state index in [4.69, 9.17) is 10.00 Å². The van der Waals surface area contributed by atoms with Crippen LogP contribution in [0.4, 0.5) is 11.4 Å². The van der Waals surface area contributed by atoms with Crippen LogP contribution in [0, 0.1) is 11.3 Å². The maximum Gasteiger partial charge on any atom is 0.255 e. The fourth-order valence-corrected chi connectivity index (χ4v) is 3.02. The summed E-state index contributed by atoms with van der Waals surface area (Å²) in [5.41, 5.74) is 2.95. The third kappa shape index (κ3) is 4.17. The van der Waals surface area contributed by atoms with E-state index >= 15 is 0 Å². The van der Waals surface area contributed by atoms with Crippen LogP contribution in [-0.2, 0) is 4.74 Å². The molecule has 5 heteroatoms. The number of nitrogens with one attached hydrogen (secondary N) is 1. The summed E-state index contributed by atoms with van der Waals surface area (Å²) in [6, 6.07) is 16.5. The van der Waals surface area contributed by atoms with Gasteiger partial charge in [-0.2, -0.15) is 5.26 Å². The molecule has 0 spiro atoms. The molecule has 5 nitrogen and oxygen atoms in total. The lowest BCUT2D eigenvalue weighted by molar-refractivity contribution is 0.0893. The van der Waals surface area contributed by atoms with Crippen molar-refractivity contribution in [1.82, 2.24) is 0 Å². The Morgan fingerprint density at radius 1 is 1.20 bits per heavy atom. The molecule has 2 aromatic carbocycles. The normalized spacial score (nSPS) is 17.0. The quantitative estimate of drug-likeness (QED) is 0.930. The molecule has 0 saturated carbocycles. The average Bonchev–Trinajstić information content (AvgIpc) is 2.68. The Balaban J connectivity index is 1.64. The second-order valence-electron chi connectivity index (χ2n) is 6.14. The zero-order chi connectivity index (χ0) is 17.6. The van der Waals surface area contributed by atoms with Crippen LogP contribution in [0.1, 0.15) is 28.8 Å². The fraction of sp³-hybridized carbons (Fsp3) is 0.300. The Bertz CT molecular complexity index is 763. The number of ether oxygens (including phenoxy) is 1. The van der Waals surface area contributed by atoms with Crippen molar-refractivity contribution >= 4 is 17.3 Å². The molecule has 1 N–H and O–H groups in total. The van der Waals surface area contributed by atoms with Crippen molar-refractivity contribution in [3.63, 3.8) is 0 Å². The summed E-state index contributed by atoms with van der Waals surface area (Å²) >= 11 is 0. The molecule has 1 saturated heterocycles. The van der Waals surface area contributed by atoms with Gasteiger partial charge in [0.1, 0.15) is 0 Å². The zero-order valence-electron chi connectivity index (χ0n) is 14.2. The third-order valence-electron chi connectivity index (χ3n) is 4.48. The lowest BCUT2D eigenvalue weighted by atomic mass is 10.1. The summed E-state index contributed by atoms with van der Waals surface area (Å²) in [4.78, 5) is 14.6. The smallest absolute Gasteiger partial charge is 0.255 e. The Morgan fingerprint density at radius 2 is 1.92 bits per heavy atom. The van der Waals surface area contributed by atoms with Crippen LogP contribution in [0.25, 0.3) is 0 Å². The van der Waals surface area contributed by atoms with E-state index in [1.54, 1.807) is 31.4 Å². The predicted molar refractivity (Wildman–Crippen MR) is 97.8 cm³/mol. The first-order valence-electron chi connectivity index (χ1n) is 8.39. The van der Waals surface area contributed by atoms with Gasteiger partial charge < -0.3 is 15.0 Å². The number of nitriles is 1. The topological polar surface area (TPSA) is 65.4 Å². The van der Waals surface area contributed by atoms with E-state index in [0.717, 1.165) is 37.3 Å². The highest BCUT2D eigenvalue weighted by atomic mass is 16.5. The third-order valence-corrected chi connectivity index (χ3v) is 4.48. The molecule has 1 fully saturated rings. The first-order valence-corrected chi connectivity index (χ1v) is 8.39. The van der Waals surface area contributed by atoms with Gasteiger partial charge in [0.25, 0.3) is 5.91 Å². The van der Waals surface area contributed by atoms with E-state index in [2.05, 4.69) is 10.2 Å². The second-order valence-corrected chi connectivity index (χ2v) is 6.14. The molecule has 25 heavy (non-hydrogen) atoms. The number of piperidine rings is 1. The lowest BCUT2D eigenvalue weighted by Gasteiger charge is -2.33. The van der Waals surface area contributed by atoms with Gasteiger partial charge in [-0.05, 0) is 61.4 Å². The molecule has 1 aliphatic heterocycles. The highest BCUT2D eigenvalue weighted by molar-refractivity contribution is 6.04. The SMILES string of the molecule is COC1CCCN(c2ccc(NC(=O)c3ccc(C#N)cc3)cc2)C1. The summed E-state index contributed by atoms with van der Waals surface area (Å²) in [7, 11) is 1.76. The van der Waals surface area contributed by atoms with Crippen LogP contribution < -0.4 is 10.2 Å². The maximum atomic E-state index is 12.3. The van der Waals surface area contributed by atoms with Gasteiger partial charge in [0.15, 0.2) is 0 Å². The van der Waals surface area contributed by atoms with E-state index in [0.29, 0.717) is 11.1 Å². The number of anilines is 2. The van der Waals surface area contributed by atoms with Crippen LogP contribution in [0.15, 0.2) is 48.5 Å². The molecule has 1 unspecified atom stereocenters. The molecule has 1 aliphatic rings. The van der Waals surface area contributed by atoms with Crippen LogP contribution in [0.2, 0.25) is 0 Å². The molecule has 0 aliphatic carbocycles. The molecule has 1 atom stereocenters. The Labute approximate surface area is 147 Å². The molecular formula is C20H21N3O2. The van der Waals surface area contributed by atoms with E-state index < -0.39 is 0 Å². The zero-order valence-corrected chi connectivity index (χ0v) is 14.2. The van der Waals surface area contributed by atoms with Crippen molar-refractivity contribution in [3.05, 3.63) is 59.7 Å². The van der Waals surface area contributed by atoms with Crippen LogP contribution in [0.3, 0.4) is 0 Å². The number of methoxy groups -OCH3 is 1. The Morgan fingerprint density at radius 3 is 2.56 bits per heavy atom. The molecule has 128 valence electrons. The number of nitrogens with zero attached hydrogens (tertiary/aromatic N) is 2. The van der Waals surface area contributed by atoms with Crippen molar-refractivity contribution in [2.45, 2.75) is 18.9 Å². The first-order chi connectivity index (χ1) is 12.2.